The van der Waals surface area contributed by atoms with Crippen molar-refractivity contribution in [2.45, 2.75) is 25.7 Å². The molecule has 0 amide bonds. The zero-order chi connectivity index (χ0) is 13.9. The van der Waals surface area contributed by atoms with E-state index in [1.54, 1.807) is 0 Å². The number of benzene rings is 1. The lowest BCUT2D eigenvalue weighted by atomic mass is 9.99. The Morgan fingerprint density at radius 2 is 1.94 bits per heavy atom. The molecule has 1 atom stereocenters. The van der Waals surface area contributed by atoms with Gasteiger partial charge in [-0.2, -0.15) is 0 Å². The van der Waals surface area contributed by atoms with Crippen LogP contribution < -0.4 is 10.5 Å². The van der Waals surface area contributed by atoms with Gasteiger partial charge in [-0.1, -0.05) is 32.4 Å². The molecule has 1 aromatic rings. The Morgan fingerprint density at radius 1 is 1.33 bits per heavy atom. The molecule has 18 heavy (non-hydrogen) atoms. The number of nitrogens with two attached hydrogens (primary N) is 1. The maximum atomic E-state index is 12.0. The van der Waals surface area contributed by atoms with E-state index in [0.717, 1.165) is 0 Å². The molecule has 4 nitrogen and oxygen atoms in total. The molecule has 1 aromatic carbocycles. The zero-order valence-corrected chi connectivity index (χ0v) is 12.3. The third-order valence-corrected chi connectivity index (χ3v) is 4.76. The molecular weight excluding hydrogens is 272 g/mol. The molecule has 0 aliphatic carbocycles. The Morgan fingerprint density at radius 3 is 2.44 bits per heavy atom. The summed E-state index contributed by atoms with van der Waals surface area (Å²) in [6, 6.07) is 4.30. The van der Waals surface area contributed by atoms with Crippen LogP contribution in [0.4, 0.5) is 5.69 Å². The monoisotopic (exact) mass is 290 g/mol. The molecule has 1 unspecified atom stereocenters. The van der Waals surface area contributed by atoms with Crippen molar-refractivity contribution in [2.75, 3.05) is 12.3 Å². The molecule has 0 radical (unpaired) electrons. The molecule has 0 saturated carbocycles. The van der Waals surface area contributed by atoms with E-state index in [1.807, 2.05) is 6.92 Å². The van der Waals surface area contributed by atoms with Crippen molar-refractivity contribution >= 4 is 27.3 Å². The highest BCUT2D eigenvalue weighted by Gasteiger charge is 2.17. The molecular formula is C12H19ClN2O2S. The predicted octanol–water partition coefficient (Wildman–Crippen LogP) is 2.49. The normalized spacial score (nSPS) is 13.8. The first-order valence-electron chi connectivity index (χ1n) is 5.78. The summed E-state index contributed by atoms with van der Waals surface area (Å²) in [6.45, 7) is 6.52. The van der Waals surface area contributed by atoms with Gasteiger partial charge in [0.25, 0.3) is 0 Å². The predicted molar refractivity (Wildman–Crippen MR) is 75.1 cm³/mol. The fourth-order valence-electron chi connectivity index (χ4n) is 1.24. The number of nitrogens with one attached hydrogen (secondary N) is 1. The molecule has 3 N–H and O–H groups in total. The van der Waals surface area contributed by atoms with Gasteiger partial charge in [0.2, 0.25) is 10.0 Å². The second kappa shape index (κ2) is 5.91. The van der Waals surface area contributed by atoms with E-state index in [9.17, 15) is 8.42 Å². The molecule has 0 spiro atoms. The lowest BCUT2D eigenvalue weighted by Gasteiger charge is -2.16. The first-order chi connectivity index (χ1) is 8.24. The number of hydrogen-bond acceptors (Lipinski definition) is 3. The van der Waals surface area contributed by atoms with Crippen molar-refractivity contribution in [1.29, 1.82) is 0 Å². The van der Waals surface area contributed by atoms with Crippen LogP contribution in [0.1, 0.15) is 20.8 Å². The van der Waals surface area contributed by atoms with Crippen LogP contribution in [0.2, 0.25) is 5.02 Å². The van der Waals surface area contributed by atoms with Crippen LogP contribution in [0.25, 0.3) is 0 Å². The van der Waals surface area contributed by atoms with Crippen molar-refractivity contribution in [3.8, 4) is 0 Å². The maximum Gasteiger partial charge on any atom is 0.240 e. The Hall–Kier alpha value is -0.780. The van der Waals surface area contributed by atoms with Crippen molar-refractivity contribution in [3.63, 3.8) is 0 Å². The number of hydrogen-bond donors (Lipinski definition) is 2. The molecule has 0 heterocycles. The Labute approximate surface area is 114 Å². The Bertz CT molecular complexity index is 515. The van der Waals surface area contributed by atoms with Gasteiger partial charge in [-0.25, -0.2) is 13.1 Å². The van der Waals surface area contributed by atoms with Crippen molar-refractivity contribution < 1.29 is 8.42 Å². The third-order valence-electron chi connectivity index (χ3n) is 3.02. The van der Waals surface area contributed by atoms with Gasteiger partial charge in [-0.05, 0) is 30.0 Å². The summed E-state index contributed by atoms with van der Waals surface area (Å²) in [4.78, 5) is 0.137. The number of nitrogen functional groups attached to an aromatic ring is 1. The average Bonchev–Trinajstić information content (AvgIpc) is 2.29. The van der Waals surface area contributed by atoms with E-state index in [0.29, 0.717) is 18.2 Å². The molecule has 102 valence electrons. The zero-order valence-electron chi connectivity index (χ0n) is 10.8. The lowest BCUT2D eigenvalue weighted by Crippen LogP contribution is -2.30. The van der Waals surface area contributed by atoms with Crippen LogP contribution in [-0.4, -0.2) is 15.0 Å². The van der Waals surface area contributed by atoms with Gasteiger partial charge >= 0.3 is 0 Å². The summed E-state index contributed by atoms with van der Waals surface area (Å²) in [6.07, 6.45) is 0. The quantitative estimate of drug-likeness (QED) is 0.818. The minimum atomic E-state index is -3.52. The highest BCUT2D eigenvalue weighted by Crippen LogP contribution is 2.22. The standard InChI is InChI=1S/C12H19ClN2O2S/c1-8(2)9(3)7-15-18(16,17)10-4-5-12(14)11(13)6-10/h4-6,8-9,15H,7,14H2,1-3H3. The maximum absolute atomic E-state index is 12.0. The molecule has 0 aliphatic rings. The van der Waals surface area contributed by atoms with Gasteiger partial charge in [0.15, 0.2) is 0 Å². The molecule has 0 fully saturated rings. The topological polar surface area (TPSA) is 72.2 Å². The van der Waals surface area contributed by atoms with E-state index < -0.39 is 10.0 Å². The smallest absolute Gasteiger partial charge is 0.240 e. The summed E-state index contributed by atoms with van der Waals surface area (Å²) in [7, 11) is -3.52. The van der Waals surface area contributed by atoms with Crippen LogP contribution in [0.5, 0.6) is 0 Å². The SMILES string of the molecule is CC(C)C(C)CNS(=O)(=O)c1ccc(N)c(Cl)c1. The fraction of sp³-hybridized carbons (Fsp3) is 0.500. The number of rotatable bonds is 5. The molecule has 0 saturated heterocycles. The van der Waals surface area contributed by atoms with Crippen molar-refractivity contribution in [1.82, 2.24) is 4.72 Å². The van der Waals surface area contributed by atoms with Crippen LogP contribution in [0, 0.1) is 11.8 Å². The van der Waals surface area contributed by atoms with Crippen LogP contribution >= 0.6 is 11.6 Å². The average molecular weight is 291 g/mol. The van der Waals surface area contributed by atoms with Gasteiger partial charge < -0.3 is 5.73 Å². The van der Waals surface area contributed by atoms with Gasteiger partial charge in [0.1, 0.15) is 0 Å². The summed E-state index contributed by atoms with van der Waals surface area (Å²) < 4.78 is 26.6. The summed E-state index contributed by atoms with van der Waals surface area (Å²) in [5, 5.41) is 0.245. The second-order valence-corrected chi connectivity index (χ2v) is 6.93. The van der Waals surface area contributed by atoms with Gasteiger partial charge in [0.05, 0.1) is 15.6 Å². The fourth-order valence-corrected chi connectivity index (χ4v) is 2.65. The van der Waals surface area contributed by atoms with Crippen LogP contribution in [0.3, 0.4) is 0 Å². The number of anilines is 1. The minimum Gasteiger partial charge on any atom is -0.398 e. The van der Waals surface area contributed by atoms with Crippen LogP contribution in [-0.2, 0) is 10.0 Å². The highest BCUT2D eigenvalue weighted by molar-refractivity contribution is 7.89. The van der Waals surface area contributed by atoms with Crippen LogP contribution in [0.15, 0.2) is 23.1 Å². The third kappa shape index (κ3) is 3.86. The molecule has 1 rings (SSSR count). The molecule has 0 bridgehead atoms. The van der Waals surface area contributed by atoms with E-state index in [4.69, 9.17) is 17.3 Å². The summed E-state index contributed by atoms with van der Waals surface area (Å²) in [5.41, 5.74) is 5.91. The van der Waals surface area contributed by atoms with Gasteiger partial charge in [0, 0.05) is 6.54 Å². The largest absolute Gasteiger partial charge is 0.398 e. The van der Waals surface area contributed by atoms with Crippen molar-refractivity contribution in [3.05, 3.63) is 23.2 Å². The summed E-state index contributed by atoms with van der Waals surface area (Å²) >= 11 is 5.82. The Balaban J connectivity index is 2.83. The van der Waals surface area contributed by atoms with E-state index in [1.165, 1.54) is 18.2 Å². The van der Waals surface area contributed by atoms with Gasteiger partial charge in [-0.15, -0.1) is 0 Å². The number of sulfonamides is 1. The van der Waals surface area contributed by atoms with E-state index in [2.05, 4.69) is 18.6 Å². The Kier molecular flexibility index (Phi) is 5.01. The molecule has 0 aliphatic heterocycles. The van der Waals surface area contributed by atoms with E-state index >= 15 is 0 Å². The minimum absolute atomic E-state index is 0.137. The second-order valence-electron chi connectivity index (χ2n) is 4.76. The van der Waals surface area contributed by atoms with Gasteiger partial charge in [-0.3, -0.25) is 0 Å². The highest BCUT2D eigenvalue weighted by atomic mass is 35.5. The summed E-state index contributed by atoms with van der Waals surface area (Å²) in [5.74, 6) is 0.687. The molecule has 0 aromatic heterocycles. The first kappa shape index (κ1) is 15.3. The lowest BCUT2D eigenvalue weighted by molar-refractivity contribution is 0.414. The van der Waals surface area contributed by atoms with E-state index in [-0.39, 0.29) is 15.8 Å². The first-order valence-corrected chi connectivity index (χ1v) is 7.65. The number of halogens is 1. The molecule has 6 heteroatoms. The van der Waals surface area contributed by atoms with Crippen molar-refractivity contribution in [2.24, 2.45) is 11.8 Å².